The first-order chi connectivity index (χ1) is 13.7. The Kier molecular flexibility index (Phi) is 7.24. The zero-order valence-electron chi connectivity index (χ0n) is 15.0. The number of aromatic nitrogens is 4. The lowest BCUT2D eigenvalue weighted by atomic mass is 10.3. The average molecular weight is 420 g/mol. The molecule has 0 aliphatic rings. The van der Waals surface area contributed by atoms with Gasteiger partial charge in [0.2, 0.25) is 11.8 Å². The van der Waals surface area contributed by atoms with Crippen molar-refractivity contribution in [2.24, 2.45) is 0 Å². The molecule has 0 saturated carbocycles. The second kappa shape index (κ2) is 10.1. The van der Waals surface area contributed by atoms with Crippen LogP contribution in [0.25, 0.3) is 5.69 Å². The molecule has 3 rings (SSSR count). The first kappa shape index (κ1) is 20.1. The summed E-state index contributed by atoms with van der Waals surface area (Å²) in [6, 6.07) is 10.8. The standard InChI is InChI=1S/C18H18ClN5O3S/c1-26-8-9-27-17-15(6-3-7-20-17)22-16(25)11-28-18-23-21-12-24(18)14-5-2-4-13(19)10-14/h2-7,10,12H,8-9,11H2,1H3,(H,22,25). The van der Waals surface area contributed by atoms with Crippen molar-refractivity contribution in [1.82, 2.24) is 19.7 Å². The fourth-order valence-electron chi connectivity index (χ4n) is 2.26. The third kappa shape index (κ3) is 5.44. The smallest absolute Gasteiger partial charge is 0.237 e. The predicted molar refractivity (Wildman–Crippen MR) is 107 cm³/mol. The number of amides is 1. The zero-order valence-corrected chi connectivity index (χ0v) is 16.6. The minimum atomic E-state index is -0.213. The number of halogens is 1. The largest absolute Gasteiger partial charge is 0.474 e. The number of nitrogens with one attached hydrogen (secondary N) is 1. The lowest BCUT2D eigenvalue weighted by molar-refractivity contribution is -0.113. The van der Waals surface area contributed by atoms with Crippen molar-refractivity contribution in [2.45, 2.75) is 5.16 Å². The van der Waals surface area contributed by atoms with Gasteiger partial charge in [-0.1, -0.05) is 29.4 Å². The van der Waals surface area contributed by atoms with E-state index in [4.69, 9.17) is 21.1 Å². The molecule has 0 unspecified atom stereocenters. The topological polar surface area (TPSA) is 91.2 Å². The number of hydrogen-bond donors (Lipinski definition) is 1. The van der Waals surface area contributed by atoms with Gasteiger partial charge in [0.1, 0.15) is 18.6 Å². The number of nitrogens with zero attached hydrogens (tertiary/aromatic N) is 4. The molecule has 10 heteroatoms. The maximum absolute atomic E-state index is 12.4. The summed E-state index contributed by atoms with van der Waals surface area (Å²) in [6.45, 7) is 0.771. The van der Waals surface area contributed by atoms with E-state index < -0.39 is 0 Å². The van der Waals surface area contributed by atoms with Crippen LogP contribution in [0.5, 0.6) is 5.88 Å². The summed E-state index contributed by atoms with van der Waals surface area (Å²) in [5, 5.41) is 12.0. The molecule has 8 nitrogen and oxygen atoms in total. The summed E-state index contributed by atoms with van der Waals surface area (Å²) < 4.78 is 12.2. The second-order valence-corrected chi connectivity index (χ2v) is 6.88. The number of ether oxygens (including phenoxy) is 2. The van der Waals surface area contributed by atoms with E-state index in [2.05, 4.69) is 20.5 Å². The van der Waals surface area contributed by atoms with Crippen LogP contribution in [0.1, 0.15) is 0 Å². The number of pyridine rings is 1. The molecular formula is C18H18ClN5O3S. The monoisotopic (exact) mass is 419 g/mol. The van der Waals surface area contributed by atoms with Gasteiger partial charge in [0.15, 0.2) is 5.16 Å². The van der Waals surface area contributed by atoms with Crippen LogP contribution in [0.2, 0.25) is 5.02 Å². The molecule has 0 fully saturated rings. The molecule has 1 N–H and O–H groups in total. The summed E-state index contributed by atoms with van der Waals surface area (Å²) in [6.07, 6.45) is 3.18. The highest BCUT2D eigenvalue weighted by Gasteiger charge is 2.13. The van der Waals surface area contributed by atoms with Crippen LogP contribution >= 0.6 is 23.4 Å². The molecule has 2 aromatic heterocycles. The van der Waals surface area contributed by atoms with Crippen molar-refractivity contribution in [3.63, 3.8) is 0 Å². The Morgan fingerprint density at radius 1 is 1.29 bits per heavy atom. The minimum Gasteiger partial charge on any atom is -0.474 e. The minimum absolute atomic E-state index is 0.145. The highest BCUT2D eigenvalue weighted by molar-refractivity contribution is 7.99. The second-order valence-electron chi connectivity index (χ2n) is 5.50. The van der Waals surface area contributed by atoms with Crippen LogP contribution < -0.4 is 10.1 Å². The number of carbonyl (C=O) groups is 1. The summed E-state index contributed by atoms with van der Waals surface area (Å²) >= 11 is 7.30. The van der Waals surface area contributed by atoms with E-state index in [1.807, 2.05) is 12.1 Å². The first-order valence-electron chi connectivity index (χ1n) is 8.32. The molecule has 1 aromatic carbocycles. The van der Waals surface area contributed by atoms with Gasteiger partial charge >= 0.3 is 0 Å². The maximum Gasteiger partial charge on any atom is 0.237 e. The van der Waals surface area contributed by atoms with E-state index >= 15 is 0 Å². The SMILES string of the molecule is COCCOc1ncccc1NC(=O)CSc1nncn1-c1cccc(Cl)c1. The Labute approximate surface area is 171 Å². The predicted octanol–water partition coefficient (Wildman–Crippen LogP) is 3.07. The molecule has 2 heterocycles. The van der Waals surface area contributed by atoms with Crippen molar-refractivity contribution in [2.75, 3.05) is 31.4 Å². The quantitative estimate of drug-likeness (QED) is 0.421. The average Bonchev–Trinajstić information content (AvgIpc) is 3.17. The van der Waals surface area contributed by atoms with Crippen molar-refractivity contribution in [1.29, 1.82) is 0 Å². The highest BCUT2D eigenvalue weighted by atomic mass is 35.5. The Bertz CT molecular complexity index is 937. The van der Waals surface area contributed by atoms with Gasteiger partial charge in [0, 0.05) is 18.3 Å². The molecule has 1 amide bonds. The third-order valence-electron chi connectivity index (χ3n) is 3.51. The highest BCUT2D eigenvalue weighted by Crippen LogP contribution is 2.23. The molecule has 0 spiro atoms. The van der Waals surface area contributed by atoms with Crippen LogP contribution in [0, 0.1) is 0 Å². The molecule has 146 valence electrons. The van der Waals surface area contributed by atoms with E-state index in [9.17, 15) is 4.79 Å². The third-order valence-corrected chi connectivity index (χ3v) is 4.68. The molecule has 28 heavy (non-hydrogen) atoms. The Morgan fingerprint density at radius 2 is 2.18 bits per heavy atom. The van der Waals surface area contributed by atoms with Crippen LogP contribution in [0.15, 0.2) is 54.1 Å². The van der Waals surface area contributed by atoms with Crippen molar-refractivity contribution in [3.05, 3.63) is 53.9 Å². The fourth-order valence-corrected chi connectivity index (χ4v) is 3.18. The molecule has 0 aliphatic carbocycles. The summed E-state index contributed by atoms with van der Waals surface area (Å²) in [7, 11) is 1.59. The Morgan fingerprint density at radius 3 is 3.00 bits per heavy atom. The van der Waals surface area contributed by atoms with Crippen molar-refractivity contribution in [3.8, 4) is 11.6 Å². The van der Waals surface area contributed by atoms with Gasteiger partial charge < -0.3 is 14.8 Å². The summed E-state index contributed by atoms with van der Waals surface area (Å²) in [5.41, 5.74) is 1.32. The van der Waals surface area contributed by atoms with E-state index in [0.29, 0.717) is 35.0 Å². The molecule has 0 atom stereocenters. The van der Waals surface area contributed by atoms with Gasteiger partial charge in [-0.2, -0.15) is 0 Å². The number of hydrogen-bond acceptors (Lipinski definition) is 7. The van der Waals surface area contributed by atoms with E-state index in [1.54, 1.807) is 48.5 Å². The molecule has 0 bridgehead atoms. The lowest BCUT2D eigenvalue weighted by Crippen LogP contribution is -2.16. The Balaban J connectivity index is 1.61. The van der Waals surface area contributed by atoms with Gasteiger partial charge in [-0.05, 0) is 30.3 Å². The van der Waals surface area contributed by atoms with Crippen molar-refractivity contribution < 1.29 is 14.3 Å². The van der Waals surface area contributed by atoms with Gasteiger partial charge in [0.25, 0.3) is 0 Å². The first-order valence-corrected chi connectivity index (χ1v) is 9.69. The van der Waals surface area contributed by atoms with E-state index in [-0.39, 0.29) is 11.7 Å². The molecule has 0 saturated heterocycles. The number of thioether (sulfide) groups is 1. The molecule has 3 aromatic rings. The lowest BCUT2D eigenvalue weighted by Gasteiger charge is -2.11. The number of rotatable bonds is 9. The molecule has 0 aliphatic heterocycles. The van der Waals surface area contributed by atoms with Crippen LogP contribution in [-0.4, -0.2) is 51.7 Å². The van der Waals surface area contributed by atoms with Gasteiger partial charge in [0.05, 0.1) is 18.0 Å². The van der Waals surface area contributed by atoms with Gasteiger partial charge in [-0.25, -0.2) is 4.98 Å². The van der Waals surface area contributed by atoms with Crippen molar-refractivity contribution >= 4 is 35.0 Å². The van der Waals surface area contributed by atoms with E-state index in [1.165, 1.54) is 11.8 Å². The summed E-state index contributed by atoms with van der Waals surface area (Å²) in [5.74, 6) is 0.279. The summed E-state index contributed by atoms with van der Waals surface area (Å²) in [4.78, 5) is 16.5. The number of carbonyl (C=O) groups excluding carboxylic acids is 1. The Hall–Kier alpha value is -2.62. The van der Waals surface area contributed by atoms with Gasteiger partial charge in [-0.15, -0.1) is 10.2 Å². The normalized spacial score (nSPS) is 10.6. The van der Waals surface area contributed by atoms with Crippen LogP contribution in [-0.2, 0) is 9.53 Å². The van der Waals surface area contributed by atoms with Gasteiger partial charge in [-0.3, -0.25) is 9.36 Å². The fraction of sp³-hybridized carbons (Fsp3) is 0.222. The zero-order chi connectivity index (χ0) is 19.8. The van der Waals surface area contributed by atoms with E-state index in [0.717, 1.165) is 5.69 Å². The maximum atomic E-state index is 12.4. The molecular weight excluding hydrogens is 402 g/mol. The number of benzene rings is 1. The molecule has 0 radical (unpaired) electrons. The van der Waals surface area contributed by atoms with Crippen LogP contribution in [0.4, 0.5) is 5.69 Å². The van der Waals surface area contributed by atoms with Crippen LogP contribution in [0.3, 0.4) is 0 Å². The number of anilines is 1. The number of methoxy groups -OCH3 is 1.